The summed E-state index contributed by atoms with van der Waals surface area (Å²) in [5.41, 5.74) is 2.20. The Balaban J connectivity index is 2.18. The van der Waals surface area contributed by atoms with Crippen LogP contribution in [-0.2, 0) is 4.74 Å². The number of phenols is 1. The molecule has 3 rings (SSSR count). The summed E-state index contributed by atoms with van der Waals surface area (Å²) in [4.78, 5) is 16.7. The number of nitrogens with zero attached hydrogens (tertiary/aromatic N) is 1. The van der Waals surface area contributed by atoms with Crippen molar-refractivity contribution in [2.24, 2.45) is 0 Å². The van der Waals surface area contributed by atoms with E-state index in [0.717, 1.165) is 0 Å². The largest absolute Gasteiger partial charge is 0.508 e. The zero-order chi connectivity index (χ0) is 17.8. The molecule has 0 unspecified atom stereocenters. The molecule has 0 aliphatic carbocycles. The minimum atomic E-state index is -0.470. The third-order valence-electron chi connectivity index (χ3n) is 3.69. The van der Waals surface area contributed by atoms with Gasteiger partial charge in [-0.1, -0.05) is 6.07 Å². The van der Waals surface area contributed by atoms with Gasteiger partial charge >= 0.3 is 5.97 Å². The maximum Gasteiger partial charge on any atom is 0.341 e. The number of hydrogen-bond acceptors (Lipinski definition) is 6. The number of benzene rings is 2. The minimum absolute atomic E-state index is 0.124. The smallest absolute Gasteiger partial charge is 0.341 e. The molecule has 0 aliphatic rings. The number of carbonyl (C=O) groups excluding carboxylic acids is 1. The van der Waals surface area contributed by atoms with Crippen molar-refractivity contribution in [3.05, 3.63) is 54.2 Å². The first kappa shape index (κ1) is 16.6. The predicted octanol–water partition coefficient (Wildman–Crippen LogP) is 3.87. The average Bonchev–Trinajstić information content (AvgIpc) is 2.61. The second kappa shape index (κ2) is 7.09. The van der Waals surface area contributed by atoms with Crippen LogP contribution in [0.2, 0.25) is 0 Å². The number of ether oxygens (including phenoxy) is 2. The van der Waals surface area contributed by atoms with Crippen molar-refractivity contribution in [1.82, 2.24) is 4.98 Å². The van der Waals surface area contributed by atoms with E-state index in [9.17, 15) is 9.90 Å². The van der Waals surface area contributed by atoms with Crippen molar-refractivity contribution in [3.63, 3.8) is 0 Å². The molecule has 0 saturated heterocycles. The first-order chi connectivity index (χ1) is 12.1. The molecule has 128 valence electrons. The number of phenolic OH excluding ortho intramolecular Hbond substituents is 1. The summed E-state index contributed by atoms with van der Waals surface area (Å²) >= 11 is 0. The molecule has 0 bridgehead atoms. The van der Waals surface area contributed by atoms with E-state index in [1.54, 1.807) is 50.4 Å². The number of methoxy groups -OCH3 is 1. The lowest BCUT2D eigenvalue weighted by Crippen LogP contribution is -2.09. The number of aromatic nitrogens is 1. The van der Waals surface area contributed by atoms with Crippen LogP contribution >= 0.6 is 0 Å². The molecule has 0 atom stereocenters. The summed E-state index contributed by atoms with van der Waals surface area (Å²) in [6.45, 7) is 2.01. The van der Waals surface area contributed by atoms with Crippen LogP contribution in [0.5, 0.6) is 11.5 Å². The second-order valence-electron chi connectivity index (χ2n) is 5.33. The second-order valence-corrected chi connectivity index (χ2v) is 5.33. The Labute approximate surface area is 145 Å². The van der Waals surface area contributed by atoms with Crippen molar-refractivity contribution in [3.8, 4) is 11.5 Å². The van der Waals surface area contributed by atoms with Gasteiger partial charge in [0.1, 0.15) is 17.1 Å². The summed E-state index contributed by atoms with van der Waals surface area (Å²) in [6, 6.07) is 12.1. The first-order valence-corrected chi connectivity index (χ1v) is 7.82. The standard InChI is InChI=1S/C19H18N2O4/c1-3-25-19(23)16-11-20-17-8-7-14(24-2)10-15(17)18(16)21-12-5-4-6-13(22)9-12/h4-11,22H,3H2,1-2H3,(H,20,21). The number of hydrogen-bond donors (Lipinski definition) is 2. The molecule has 3 aromatic rings. The predicted molar refractivity (Wildman–Crippen MR) is 95.6 cm³/mol. The summed E-state index contributed by atoms with van der Waals surface area (Å²) in [6.07, 6.45) is 1.48. The van der Waals surface area contributed by atoms with E-state index in [1.807, 2.05) is 6.07 Å². The van der Waals surface area contributed by atoms with Crippen molar-refractivity contribution in [2.45, 2.75) is 6.92 Å². The molecule has 6 heteroatoms. The van der Waals surface area contributed by atoms with Gasteiger partial charge in [0.25, 0.3) is 0 Å². The van der Waals surface area contributed by atoms with Gasteiger partial charge in [-0.2, -0.15) is 0 Å². The van der Waals surface area contributed by atoms with Crippen LogP contribution in [0.4, 0.5) is 11.4 Å². The Morgan fingerprint density at radius 3 is 2.80 bits per heavy atom. The van der Waals surface area contributed by atoms with Crippen LogP contribution in [0.1, 0.15) is 17.3 Å². The van der Waals surface area contributed by atoms with Gasteiger partial charge < -0.3 is 19.9 Å². The van der Waals surface area contributed by atoms with E-state index in [-0.39, 0.29) is 12.4 Å². The van der Waals surface area contributed by atoms with E-state index in [4.69, 9.17) is 9.47 Å². The fraction of sp³-hybridized carbons (Fsp3) is 0.158. The molecule has 1 heterocycles. The highest BCUT2D eigenvalue weighted by Crippen LogP contribution is 2.32. The molecular weight excluding hydrogens is 320 g/mol. The molecule has 1 aromatic heterocycles. The summed E-state index contributed by atoms with van der Waals surface area (Å²) < 4.78 is 10.4. The number of carbonyl (C=O) groups is 1. The van der Waals surface area contributed by atoms with Crippen molar-refractivity contribution in [1.29, 1.82) is 0 Å². The molecule has 6 nitrogen and oxygen atoms in total. The normalized spacial score (nSPS) is 10.5. The molecule has 0 aliphatic heterocycles. The van der Waals surface area contributed by atoms with E-state index in [0.29, 0.717) is 33.6 Å². The van der Waals surface area contributed by atoms with Crippen LogP contribution in [0, 0.1) is 0 Å². The quantitative estimate of drug-likeness (QED) is 0.687. The molecular formula is C19H18N2O4. The summed E-state index contributed by atoms with van der Waals surface area (Å²) in [7, 11) is 1.58. The Hall–Kier alpha value is -3.28. The minimum Gasteiger partial charge on any atom is -0.508 e. The van der Waals surface area contributed by atoms with Gasteiger partial charge in [0.05, 0.1) is 24.9 Å². The number of aromatic hydroxyl groups is 1. The van der Waals surface area contributed by atoms with Crippen LogP contribution in [-0.4, -0.2) is 29.8 Å². The molecule has 0 radical (unpaired) electrons. The highest BCUT2D eigenvalue weighted by atomic mass is 16.5. The molecule has 2 N–H and O–H groups in total. The number of anilines is 2. The topological polar surface area (TPSA) is 80.7 Å². The molecule has 0 fully saturated rings. The Bertz CT molecular complexity index is 924. The van der Waals surface area contributed by atoms with Crippen LogP contribution in [0.15, 0.2) is 48.7 Å². The number of fused-ring (bicyclic) bond motifs is 1. The Morgan fingerprint density at radius 2 is 2.08 bits per heavy atom. The summed E-state index contributed by atoms with van der Waals surface area (Å²) in [5, 5.41) is 13.6. The van der Waals surface area contributed by atoms with E-state index < -0.39 is 5.97 Å². The number of pyridine rings is 1. The lowest BCUT2D eigenvalue weighted by atomic mass is 10.1. The third kappa shape index (κ3) is 3.47. The lowest BCUT2D eigenvalue weighted by Gasteiger charge is -2.15. The van der Waals surface area contributed by atoms with Gasteiger partial charge in [-0.05, 0) is 37.3 Å². The number of rotatable bonds is 5. The molecule has 2 aromatic carbocycles. The maximum atomic E-state index is 12.3. The van der Waals surface area contributed by atoms with E-state index in [2.05, 4.69) is 10.3 Å². The van der Waals surface area contributed by atoms with Gasteiger partial charge in [0.2, 0.25) is 0 Å². The zero-order valence-corrected chi connectivity index (χ0v) is 13.9. The van der Waals surface area contributed by atoms with E-state index >= 15 is 0 Å². The average molecular weight is 338 g/mol. The Kier molecular flexibility index (Phi) is 4.70. The van der Waals surface area contributed by atoms with Crippen LogP contribution in [0.3, 0.4) is 0 Å². The first-order valence-electron chi connectivity index (χ1n) is 7.82. The van der Waals surface area contributed by atoms with Gasteiger partial charge in [0, 0.05) is 23.3 Å². The highest BCUT2D eigenvalue weighted by Gasteiger charge is 2.17. The monoisotopic (exact) mass is 338 g/mol. The van der Waals surface area contributed by atoms with Crippen LogP contribution < -0.4 is 10.1 Å². The fourth-order valence-corrected chi connectivity index (χ4v) is 2.52. The maximum absolute atomic E-state index is 12.3. The Morgan fingerprint density at radius 1 is 1.24 bits per heavy atom. The lowest BCUT2D eigenvalue weighted by molar-refractivity contribution is 0.0527. The third-order valence-corrected chi connectivity index (χ3v) is 3.69. The fourth-order valence-electron chi connectivity index (χ4n) is 2.52. The molecule has 0 amide bonds. The van der Waals surface area contributed by atoms with Crippen LogP contribution in [0.25, 0.3) is 10.9 Å². The van der Waals surface area contributed by atoms with Crippen molar-refractivity contribution < 1.29 is 19.4 Å². The van der Waals surface area contributed by atoms with Gasteiger partial charge in [0.15, 0.2) is 0 Å². The van der Waals surface area contributed by atoms with Gasteiger partial charge in [-0.3, -0.25) is 4.98 Å². The highest BCUT2D eigenvalue weighted by molar-refractivity contribution is 6.06. The molecule has 0 spiro atoms. The zero-order valence-electron chi connectivity index (χ0n) is 13.9. The molecule has 25 heavy (non-hydrogen) atoms. The van der Waals surface area contributed by atoms with Gasteiger partial charge in [-0.15, -0.1) is 0 Å². The van der Waals surface area contributed by atoms with Crippen molar-refractivity contribution in [2.75, 3.05) is 19.0 Å². The van der Waals surface area contributed by atoms with E-state index in [1.165, 1.54) is 6.20 Å². The number of esters is 1. The number of nitrogens with one attached hydrogen (secondary N) is 1. The van der Waals surface area contributed by atoms with Crippen molar-refractivity contribution >= 4 is 28.2 Å². The molecule has 0 saturated carbocycles. The SMILES string of the molecule is CCOC(=O)c1cnc2ccc(OC)cc2c1Nc1cccc(O)c1. The van der Waals surface area contributed by atoms with Gasteiger partial charge in [-0.25, -0.2) is 4.79 Å². The summed E-state index contributed by atoms with van der Waals surface area (Å²) in [5.74, 6) is 0.301.